The van der Waals surface area contributed by atoms with Crippen LogP contribution in [-0.4, -0.2) is 69.1 Å². The summed E-state index contributed by atoms with van der Waals surface area (Å²) in [6, 6.07) is -1.05. The molecule has 0 aromatic rings. The Morgan fingerprint density at radius 1 is 1.15 bits per heavy atom. The number of aliphatic carboxylic acids is 1. The van der Waals surface area contributed by atoms with Gasteiger partial charge in [0, 0.05) is 23.2 Å². The lowest BCUT2D eigenvalue weighted by molar-refractivity contribution is -0.181. The summed E-state index contributed by atoms with van der Waals surface area (Å²) < 4.78 is 5.15. The van der Waals surface area contributed by atoms with Crippen molar-refractivity contribution in [1.82, 2.24) is 5.32 Å². The first kappa shape index (κ1) is 31.1. The lowest BCUT2D eigenvalue weighted by Crippen LogP contribution is -2.61. The first-order chi connectivity index (χ1) is 19.1. The van der Waals surface area contributed by atoms with Crippen molar-refractivity contribution in [2.45, 2.75) is 96.8 Å². The molecule has 0 aliphatic heterocycles. The molecule has 0 bridgehead atoms. The number of esters is 1. The number of carbonyl (C=O) groups is 5. The Balaban J connectivity index is 1.36. The Bertz CT molecular complexity index is 1170. The normalized spacial score (nSPS) is 36.5. The van der Waals surface area contributed by atoms with E-state index in [-0.39, 0.29) is 61.6 Å². The number of nitrogens with one attached hydrogen (secondary N) is 1. The highest BCUT2D eigenvalue weighted by atomic mass is 16.5. The number of hydrogen-bond acceptors (Lipinski definition) is 8. The number of carbonyl (C=O) groups excluding carboxylic acids is 4. The molecular formula is C31H43NO9. The number of hydrogen-bond donors (Lipinski definition) is 4. The van der Waals surface area contributed by atoms with Crippen molar-refractivity contribution in [3.63, 3.8) is 0 Å². The second-order valence-electron chi connectivity index (χ2n) is 13.3. The topological polar surface area (TPSA) is 167 Å². The maximum atomic E-state index is 13.4. The van der Waals surface area contributed by atoms with E-state index in [1.165, 1.54) is 0 Å². The predicted octanol–water partition coefficient (Wildman–Crippen LogP) is 2.50. The maximum absolute atomic E-state index is 13.4. The van der Waals surface area contributed by atoms with Crippen LogP contribution in [0.4, 0.5) is 0 Å². The quantitative estimate of drug-likeness (QED) is 0.287. The van der Waals surface area contributed by atoms with Gasteiger partial charge in [-0.2, -0.15) is 0 Å². The number of fused-ring (bicyclic) bond motifs is 5. The van der Waals surface area contributed by atoms with Crippen LogP contribution in [0.15, 0.2) is 23.8 Å². The zero-order chi connectivity index (χ0) is 30.3. The van der Waals surface area contributed by atoms with Crippen LogP contribution in [0.3, 0.4) is 0 Å². The number of allylic oxidation sites excluding steroid dienone is 4. The van der Waals surface area contributed by atoms with Crippen LogP contribution in [0, 0.1) is 34.5 Å². The number of ether oxygens (including phenoxy) is 1. The van der Waals surface area contributed by atoms with Gasteiger partial charge >= 0.3 is 11.9 Å². The van der Waals surface area contributed by atoms with Crippen molar-refractivity contribution < 1.29 is 44.0 Å². The van der Waals surface area contributed by atoms with Crippen LogP contribution in [0.25, 0.3) is 0 Å². The van der Waals surface area contributed by atoms with Crippen LogP contribution >= 0.6 is 0 Å². The molecule has 226 valence electrons. The minimum atomic E-state index is -1.78. The van der Waals surface area contributed by atoms with E-state index in [1.807, 2.05) is 26.8 Å². The second-order valence-corrected chi connectivity index (χ2v) is 13.3. The predicted molar refractivity (Wildman–Crippen MR) is 147 cm³/mol. The van der Waals surface area contributed by atoms with Crippen molar-refractivity contribution in [1.29, 1.82) is 0 Å². The van der Waals surface area contributed by atoms with Crippen molar-refractivity contribution in [2.24, 2.45) is 34.5 Å². The highest BCUT2D eigenvalue weighted by Crippen LogP contribution is 2.67. The lowest BCUT2D eigenvalue weighted by atomic mass is 9.46. The zero-order valence-corrected chi connectivity index (χ0v) is 24.4. The summed E-state index contributed by atoms with van der Waals surface area (Å²) in [5, 5.41) is 34.9. The third-order valence-corrected chi connectivity index (χ3v) is 10.4. The average molecular weight is 574 g/mol. The molecule has 41 heavy (non-hydrogen) atoms. The van der Waals surface area contributed by atoms with Crippen LogP contribution in [0.1, 0.15) is 79.1 Å². The Labute approximate surface area is 240 Å². The van der Waals surface area contributed by atoms with E-state index in [1.54, 1.807) is 12.2 Å². The van der Waals surface area contributed by atoms with E-state index in [0.717, 1.165) is 18.4 Å². The van der Waals surface area contributed by atoms with E-state index < -0.39 is 58.8 Å². The molecule has 1 amide bonds. The molecule has 4 aliphatic carbocycles. The molecule has 0 unspecified atom stereocenters. The fourth-order valence-corrected chi connectivity index (χ4v) is 8.30. The van der Waals surface area contributed by atoms with E-state index in [0.29, 0.717) is 6.42 Å². The van der Waals surface area contributed by atoms with Crippen molar-refractivity contribution in [3.05, 3.63) is 23.8 Å². The molecule has 10 nitrogen and oxygen atoms in total. The van der Waals surface area contributed by atoms with Crippen LogP contribution in [0.5, 0.6) is 0 Å². The van der Waals surface area contributed by atoms with Crippen molar-refractivity contribution in [2.75, 3.05) is 6.61 Å². The number of aliphatic hydroxyl groups is 2. The molecule has 3 fully saturated rings. The van der Waals surface area contributed by atoms with Crippen LogP contribution in [0.2, 0.25) is 0 Å². The molecule has 0 aromatic heterocycles. The van der Waals surface area contributed by atoms with Gasteiger partial charge in [0.1, 0.15) is 11.6 Å². The van der Waals surface area contributed by atoms with Gasteiger partial charge in [-0.05, 0) is 68.4 Å². The summed E-state index contributed by atoms with van der Waals surface area (Å²) >= 11 is 0. The summed E-state index contributed by atoms with van der Waals surface area (Å²) in [7, 11) is 0. The Morgan fingerprint density at radius 3 is 2.51 bits per heavy atom. The van der Waals surface area contributed by atoms with Crippen LogP contribution < -0.4 is 5.32 Å². The summed E-state index contributed by atoms with van der Waals surface area (Å²) in [4.78, 5) is 61.3. The smallest absolute Gasteiger partial charge is 0.326 e. The van der Waals surface area contributed by atoms with Gasteiger partial charge in [0.15, 0.2) is 12.4 Å². The SMILES string of the molecule is CC(C)C[C@@H](NC(=O)CCC(=O)OCC(=O)[C@@]1(O)CC[C@H]2[C@@H]3CCC4=CC(=O)C=C[C@]4(C)[C@H]3[C@@H](O)C[C@@]21C)C(=O)O. The summed E-state index contributed by atoms with van der Waals surface area (Å²) in [6.45, 7) is 6.93. The molecule has 4 N–H and O–H groups in total. The van der Waals surface area contributed by atoms with Gasteiger partial charge in [-0.25, -0.2) is 4.79 Å². The van der Waals surface area contributed by atoms with Crippen molar-refractivity contribution >= 4 is 29.4 Å². The molecule has 3 saturated carbocycles. The van der Waals surface area contributed by atoms with Gasteiger partial charge in [-0.3, -0.25) is 19.2 Å². The molecule has 0 saturated heterocycles. The maximum Gasteiger partial charge on any atom is 0.326 e. The number of carboxylic acids is 1. The third-order valence-electron chi connectivity index (χ3n) is 10.4. The molecule has 4 rings (SSSR count). The third kappa shape index (κ3) is 5.65. The minimum Gasteiger partial charge on any atom is -0.480 e. The summed E-state index contributed by atoms with van der Waals surface area (Å²) in [6.07, 6.45) is 6.46. The highest BCUT2D eigenvalue weighted by Gasteiger charge is 2.68. The fourth-order valence-electron chi connectivity index (χ4n) is 8.30. The average Bonchev–Trinajstić information content (AvgIpc) is 3.16. The molecular weight excluding hydrogens is 530 g/mol. The molecule has 4 aliphatic rings. The fraction of sp³-hybridized carbons (Fsp3) is 0.710. The standard InChI is InChI=1S/C31H43NO9/c1-17(2)13-22(28(38)39)32-25(36)7-8-26(37)41-16-24(35)31(40)12-10-21-20-6-5-18-14-19(33)9-11-29(18,3)27(20)23(34)15-30(21,31)4/h9,11,14,17,20-23,27,34,40H,5-8,10,12-13,15-16H2,1-4H3,(H,32,36)(H,38,39)/t20-,21-,22+,23-,27+,29-,30-,31-/m0/s1. The number of carboxylic acid groups (broad SMARTS) is 1. The zero-order valence-electron chi connectivity index (χ0n) is 24.4. The first-order valence-electron chi connectivity index (χ1n) is 14.7. The molecule has 0 aromatic carbocycles. The van der Waals surface area contributed by atoms with Gasteiger partial charge in [0.2, 0.25) is 11.7 Å². The van der Waals surface area contributed by atoms with Gasteiger partial charge in [0.05, 0.1) is 12.5 Å². The highest BCUT2D eigenvalue weighted by molar-refractivity contribution is 6.01. The lowest BCUT2D eigenvalue weighted by Gasteiger charge is -2.59. The summed E-state index contributed by atoms with van der Waals surface area (Å²) in [5.74, 6) is -3.27. The van der Waals surface area contributed by atoms with E-state index in [9.17, 15) is 39.3 Å². The Hall–Kier alpha value is -2.85. The van der Waals surface area contributed by atoms with Gasteiger partial charge in [0.25, 0.3) is 0 Å². The van der Waals surface area contributed by atoms with E-state index >= 15 is 0 Å². The number of aliphatic hydroxyl groups excluding tert-OH is 1. The number of rotatable bonds is 10. The molecule has 0 spiro atoms. The van der Waals surface area contributed by atoms with Gasteiger partial charge in [-0.15, -0.1) is 0 Å². The van der Waals surface area contributed by atoms with Gasteiger partial charge < -0.3 is 25.4 Å². The number of Topliss-reactive ketones (excluding diaryl/α,β-unsaturated/α-hetero) is 1. The van der Waals surface area contributed by atoms with Crippen LogP contribution in [-0.2, 0) is 28.7 Å². The first-order valence-corrected chi connectivity index (χ1v) is 14.7. The number of ketones is 2. The monoisotopic (exact) mass is 573 g/mol. The van der Waals surface area contributed by atoms with Gasteiger partial charge in [-0.1, -0.05) is 39.3 Å². The number of amides is 1. The van der Waals surface area contributed by atoms with E-state index in [4.69, 9.17) is 4.74 Å². The molecule has 10 heteroatoms. The second kappa shape index (κ2) is 11.4. The Kier molecular flexibility index (Phi) is 8.67. The minimum absolute atomic E-state index is 0.0262. The van der Waals surface area contributed by atoms with Crippen molar-refractivity contribution in [3.8, 4) is 0 Å². The largest absolute Gasteiger partial charge is 0.480 e. The summed E-state index contributed by atoms with van der Waals surface area (Å²) in [5.41, 5.74) is -2.12. The molecule has 0 radical (unpaired) electrons. The molecule has 8 atom stereocenters. The van der Waals surface area contributed by atoms with E-state index in [2.05, 4.69) is 12.2 Å². The molecule has 0 heterocycles. The Morgan fingerprint density at radius 2 is 1.85 bits per heavy atom.